The smallest absolute Gasteiger partial charge is 0.341 e. The first-order valence-electron chi connectivity index (χ1n) is 9.15. The third-order valence-corrected chi connectivity index (χ3v) is 7.48. The molecule has 27 heavy (non-hydrogen) atoms. The molecule has 0 amide bonds. The van der Waals surface area contributed by atoms with Crippen molar-refractivity contribution >= 4 is 34.7 Å². The van der Waals surface area contributed by atoms with E-state index in [1.807, 2.05) is 22.2 Å². The largest absolute Gasteiger partial charge is 0.380 e. The first kappa shape index (κ1) is 17.2. The molecule has 2 heterocycles. The van der Waals surface area contributed by atoms with Crippen LogP contribution in [0.25, 0.3) is 0 Å². The standard InChI is InChI=1S/C18H20ClN5O2S/c19-16-21-10-24(22-16)18-7-11-4-12(8-18)6-17(5-11,9-18)15(25)26-23-14(20)13-2-1-3-27-13/h1-3,10-12H,4-9H2,(H2,20,23). The summed E-state index contributed by atoms with van der Waals surface area (Å²) in [5, 5.41) is 10.4. The molecule has 6 rings (SSSR count). The van der Waals surface area contributed by atoms with Crippen molar-refractivity contribution in [3.8, 4) is 0 Å². The normalized spacial score (nSPS) is 34.8. The van der Waals surface area contributed by atoms with Crippen LogP contribution in [0, 0.1) is 17.3 Å². The van der Waals surface area contributed by atoms with Crippen LogP contribution in [0.4, 0.5) is 0 Å². The van der Waals surface area contributed by atoms with Gasteiger partial charge in [0, 0.05) is 0 Å². The van der Waals surface area contributed by atoms with Gasteiger partial charge in [0.1, 0.15) is 6.33 Å². The van der Waals surface area contributed by atoms with Crippen molar-refractivity contribution in [1.82, 2.24) is 14.8 Å². The van der Waals surface area contributed by atoms with Crippen LogP contribution < -0.4 is 5.73 Å². The quantitative estimate of drug-likeness (QED) is 0.365. The fourth-order valence-corrected chi connectivity index (χ4v) is 6.59. The summed E-state index contributed by atoms with van der Waals surface area (Å²) < 4.78 is 1.89. The molecular weight excluding hydrogens is 386 g/mol. The summed E-state index contributed by atoms with van der Waals surface area (Å²) in [6.45, 7) is 0. The summed E-state index contributed by atoms with van der Waals surface area (Å²) >= 11 is 7.43. The van der Waals surface area contributed by atoms with Gasteiger partial charge in [-0.3, -0.25) is 0 Å². The van der Waals surface area contributed by atoms with Crippen LogP contribution in [0.5, 0.6) is 0 Å². The van der Waals surface area contributed by atoms with Gasteiger partial charge in [0.25, 0.3) is 0 Å². The molecule has 2 aromatic heterocycles. The van der Waals surface area contributed by atoms with E-state index in [-0.39, 0.29) is 22.6 Å². The lowest BCUT2D eigenvalue weighted by molar-refractivity contribution is -0.179. The number of oxime groups is 1. The molecule has 0 radical (unpaired) electrons. The topological polar surface area (TPSA) is 95.4 Å². The summed E-state index contributed by atoms with van der Waals surface area (Å²) in [5.74, 6) is 0.938. The van der Waals surface area contributed by atoms with Gasteiger partial charge in [-0.2, -0.15) is 0 Å². The van der Waals surface area contributed by atoms with Crippen molar-refractivity contribution in [2.45, 2.75) is 44.1 Å². The van der Waals surface area contributed by atoms with Gasteiger partial charge in [0.15, 0.2) is 5.84 Å². The minimum absolute atomic E-state index is 0.202. The fourth-order valence-electron chi connectivity index (χ4n) is 5.85. The maximum atomic E-state index is 13.1. The average molecular weight is 406 g/mol. The Morgan fingerprint density at radius 2 is 2.15 bits per heavy atom. The molecule has 0 aromatic carbocycles. The highest BCUT2D eigenvalue weighted by Crippen LogP contribution is 2.64. The Labute approximate surface area is 165 Å². The molecule has 2 atom stereocenters. The van der Waals surface area contributed by atoms with Gasteiger partial charge in [-0.25, -0.2) is 14.5 Å². The Balaban J connectivity index is 1.42. The molecule has 4 aliphatic carbocycles. The van der Waals surface area contributed by atoms with Crippen LogP contribution in [0.15, 0.2) is 29.0 Å². The van der Waals surface area contributed by atoms with E-state index in [2.05, 4.69) is 15.2 Å². The lowest BCUT2D eigenvalue weighted by Gasteiger charge is -2.60. The van der Waals surface area contributed by atoms with Crippen LogP contribution in [0.1, 0.15) is 43.4 Å². The minimum atomic E-state index is -0.526. The molecule has 2 unspecified atom stereocenters. The fraction of sp³-hybridized carbons (Fsp3) is 0.556. The van der Waals surface area contributed by atoms with Crippen molar-refractivity contribution in [2.75, 3.05) is 0 Å². The Hall–Kier alpha value is -1.93. The molecule has 4 bridgehead atoms. The molecule has 0 saturated heterocycles. The molecule has 4 aliphatic rings. The third kappa shape index (κ3) is 2.77. The number of carbonyl (C=O) groups excluding carboxylic acids is 1. The van der Waals surface area contributed by atoms with E-state index in [0.717, 1.165) is 30.6 Å². The number of carbonyl (C=O) groups is 1. The third-order valence-electron chi connectivity index (χ3n) is 6.41. The van der Waals surface area contributed by atoms with Crippen LogP contribution in [-0.2, 0) is 15.2 Å². The number of amidine groups is 1. The minimum Gasteiger partial charge on any atom is -0.380 e. The van der Waals surface area contributed by atoms with Crippen LogP contribution in [0.3, 0.4) is 0 Å². The number of nitrogens with two attached hydrogens (primary N) is 1. The molecule has 142 valence electrons. The van der Waals surface area contributed by atoms with Crippen molar-refractivity contribution in [3.05, 3.63) is 34.0 Å². The molecule has 7 nitrogen and oxygen atoms in total. The van der Waals surface area contributed by atoms with Gasteiger partial charge < -0.3 is 10.6 Å². The van der Waals surface area contributed by atoms with Gasteiger partial charge in [-0.1, -0.05) is 11.2 Å². The van der Waals surface area contributed by atoms with Gasteiger partial charge >= 0.3 is 5.97 Å². The Morgan fingerprint density at radius 3 is 2.78 bits per heavy atom. The maximum Gasteiger partial charge on any atom is 0.341 e. The van der Waals surface area contributed by atoms with E-state index in [4.69, 9.17) is 22.2 Å². The number of rotatable bonds is 4. The van der Waals surface area contributed by atoms with Gasteiger partial charge in [-0.15, -0.1) is 16.4 Å². The molecular formula is C18H20ClN5O2S. The molecule has 2 aromatic rings. The molecule has 4 fully saturated rings. The second kappa shape index (κ2) is 6.04. The van der Waals surface area contributed by atoms with Crippen molar-refractivity contribution in [3.63, 3.8) is 0 Å². The highest BCUT2D eigenvalue weighted by molar-refractivity contribution is 7.12. The summed E-state index contributed by atoms with van der Waals surface area (Å²) in [6, 6.07) is 3.74. The molecule has 0 spiro atoms. The summed E-state index contributed by atoms with van der Waals surface area (Å²) in [4.78, 5) is 23.3. The van der Waals surface area contributed by atoms with Crippen molar-refractivity contribution in [2.24, 2.45) is 28.1 Å². The lowest BCUT2D eigenvalue weighted by atomic mass is 9.47. The van der Waals surface area contributed by atoms with Gasteiger partial charge in [0.2, 0.25) is 5.28 Å². The van der Waals surface area contributed by atoms with E-state index in [1.54, 1.807) is 6.33 Å². The number of nitrogens with zero attached hydrogens (tertiary/aromatic N) is 4. The summed E-state index contributed by atoms with van der Waals surface area (Å²) in [6.07, 6.45) is 7.28. The summed E-state index contributed by atoms with van der Waals surface area (Å²) in [7, 11) is 0. The van der Waals surface area contributed by atoms with Crippen molar-refractivity contribution < 1.29 is 9.63 Å². The zero-order chi connectivity index (χ0) is 18.6. The van der Waals surface area contributed by atoms with Crippen LogP contribution in [-0.4, -0.2) is 26.6 Å². The second-order valence-electron chi connectivity index (χ2n) is 8.26. The zero-order valence-electron chi connectivity index (χ0n) is 14.7. The maximum absolute atomic E-state index is 13.1. The predicted octanol–water partition coefficient (Wildman–Crippen LogP) is 3.15. The van der Waals surface area contributed by atoms with E-state index in [0.29, 0.717) is 18.3 Å². The van der Waals surface area contributed by atoms with Gasteiger partial charge in [0.05, 0.1) is 15.8 Å². The van der Waals surface area contributed by atoms with E-state index in [1.165, 1.54) is 17.8 Å². The molecule has 0 aliphatic heterocycles. The second-order valence-corrected chi connectivity index (χ2v) is 9.54. The van der Waals surface area contributed by atoms with Crippen LogP contribution in [0.2, 0.25) is 5.28 Å². The first-order chi connectivity index (χ1) is 13.0. The van der Waals surface area contributed by atoms with E-state index in [9.17, 15) is 4.79 Å². The zero-order valence-corrected chi connectivity index (χ0v) is 16.2. The van der Waals surface area contributed by atoms with Crippen molar-refractivity contribution in [1.29, 1.82) is 0 Å². The van der Waals surface area contributed by atoms with Gasteiger partial charge in [-0.05, 0) is 73.4 Å². The molecule has 9 heteroatoms. The van der Waals surface area contributed by atoms with E-state index >= 15 is 0 Å². The predicted molar refractivity (Wildman–Crippen MR) is 101 cm³/mol. The SMILES string of the molecule is N/C(=N\OC(=O)C12CC3CC(C1)CC(n1cnc(Cl)n1)(C3)C2)c1cccs1. The number of halogens is 1. The average Bonchev–Trinajstić information content (AvgIpc) is 3.30. The molecule has 4 saturated carbocycles. The number of thiophene rings is 1. The van der Waals surface area contributed by atoms with Crippen LogP contribution >= 0.6 is 22.9 Å². The summed E-state index contributed by atoms with van der Waals surface area (Å²) in [5.41, 5.74) is 5.22. The highest BCUT2D eigenvalue weighted by Gasteiger charge is 2.62. The van der Waals surface area contributed by atoms with E-state index < -0.39 is 5.41 Å². The Kier molecular flexibility index (Phi) is 3.84. The molecule has 2 N–H and O–H groups in total. The number of hydrogen-bond acceptors (Lipinski definition) is 6. The highest BCUT2D eigenvalue weighted by atomic mass is 35.5. The number of aromatic nitrogens is 3. The number of hydrogen-bond donors (Lipinski definition) is 1. The Bertz CT molecular complexity index is 895. The lowest BCUT2D eigenvalue weighted by Crippen LogP contribution is -2.59. The Morgan fingerprint density at radius 1 is 1.37 bits per heavy atom. The monoisotopic (exact) mass is 405 g/mol. The first-order valence-corrected chi connectivity index (χ1v) is 10.4.